The Morgan fingerprint density at radius 3 is 2.60 bits per heavy atom. The zero-order valence-electron chi connectivity index (χ0n) is 11.1. The highest BCUT2D eigenvalue weighted by molar-refractivity contribution is 9.10. The highest BCUT2D eigenvalue weighted by Crippen LogP contribution is 2.25. The summed E-state index contributed by atoms with van der Waals surface area (Å²) in [5, 5.41) is 0.497. The van der Waals surface area contributed by atoms with Crippen molar-refractivity contribution in [1.82, 2.24) is 9.62 Å². The summed E-state index contributed by atoms with van der Waals surface area (Å²) in [6.07, 6.45) is 3.69. The normalized spacial score (nSPS) is 17.3. The third-order valence-electron chi connectivity index (χ3n) is 3.37. The Labute approximate surface area is 133 Å². The van der Waals surface area contributed by atoms with Crippen LogP contribution < -0.4 is 4.72 Å². The van der Waals surface area contributed by atoms with Gasteiger partial charge in [-0.1, -0.05) is 18.0 Å². The average molecular weight is 382 g/mol. The smallest absolute Gasteiger partial charge is 0.240 e. The molecule has 0 spiro atoms. The first-order valence-corrected chi connectivity index (χ1v) is 9.31. The van der Waals surface area contributed by atoms with Gasteiger partial charge in [-0.05, 0) is 60.1 Å². The molecule has 0 aliphatic carbocycles. The van der Waals surface area contributed by atoms with Crippen LogP contribution in [0, 0.1) is 0 Å². The molecule has 20 heavy (non-hydrogen) atoms. The summed E-state index contributed by atoms with van der Waals surface area (Å²) < 4.78 is 27.5. The van der Waals surface area contributed by atoms with Gasteiger partial charge in [-0.3, -0.25) is 0 Å². The lowest BCUT2D eigenvalue weighted by molar-refractivity contribution is 0.233. The molecular formula is C13H18BrClN2O2S. The van der Waals surface area contributed by atoms with Crippen LogP contribution in [0.15, 0.2) is 27.6 Å². The molecule has 0 bridgehead atoms. The highest BCUT2D eigenvalue weighted by atomic mass is 79.9. The molecule has 1 aromatic rings. The van der Waals surface area contributed by atoms with E-state index in [1.165, 1.54) is 31.4 Å². The van der Waals surface area contributed by atoms with Gasteiger partial charge in [0, 0.05) is 17.6 Å². The molecule has 0 saturated carbocycles. The van der Waals surface area contributed by atoms with Crippen LogP contribution in [0.4, 0.5) is 0 Å². The van der Waals surface area contributed by atoms with Crippen LogP contribution in [0.5, 0.6) is 0 Å². The number of rotatable bonds is 5. The van der Waals surface area contributed by atoms with Crippen LogP contribution in [0.2, 0.25) is 5.02 Å². The molecule has 4 nitrogen and oxygen atoms in total. The van der Waals surface area contributed by atoms with Crippen molar-refractivity contribution >= 4 is 37.6 Å². The number of sulfonamides is 1. The molecule has 112 valence electrons. The number of piperidine rings is 1. The van der Waals surface area contributed by atoms with Crippen molar-refractivity contribution in [2.45, 2.75) is 24.2 Å². The second kappa shape index (κ2) is 7.22. The second-order valence-electron chi connectivity index (χ2n) is 4.88. The lowest BCUT2D eigenvalue weighted by atomic mass is 10.1. The van der Waals surface area contributed by atoms with Crippen molar-refractivity contribution in [3.63, 3.8) is 0 Å². The van der Waals surface area contributed by atoms with E-state index in [-0.39, 0.29) is 4.90 Å². The summed E-state index contributed by atoms with van der Waals surface area (Å²) in [4.78, 5) is 2.52. The Kier molecular flexibility index (Phi) is 5.86. The van der Waals surface area contributed by atoms with Crippen molar-refractivity contribution in [2.24, 2.45) is 0 Å². The molecular weight excluding hydrogens is 364 g/mol. The van der Waals surface area contributed by atoms with E-state index in [0.717, 1.165) is 19.6 Å². The van der Waals surface area contributed by atoms with Gasteiger partial charge in [0.2, 0.25) is 10.0 Å². The number of likely N-dealkylation sites (tertiary alicyclic amines) is 1. The third kappa shape index (κ3) is 4.43. The lowest BCUT2D eigenvalue weighted by Gasteiger charge is -2.26. The molecule has 1 aromatic carbocycles. The van der Waals surface area contributed by atoms with Gasteiger partial charge in [0.25, 0.3) is 0 Å². The van der Waals surface area contributed by atoms with Crippen LogP contribution in [0.25, 0.3) is 0 Å². The van der Waals surface area contributed by atoms with Gasteiger partial charge in [-0.15, -0.1) is 0 Å². The summed E-state index contributed by atoms with van der Waals surface area (Å²) in [5.41, 5.74) is 0. The summed E-state index contributed by atoms with van der Waals surface area (Å²) in [6, 6.07) is 4.60. The maximum Gasteiger partial charge on any atom is 0.240 e. The van der Waals surface area contributed by atoms with Gasteiger partial charge < -0.3 is 4.90 Å². The van der Waals surface area contributed by atoms with Crippen molar-refractivity contribution in [2.75, 3.05) is 26.2 Å². The van der Waals surface area contributed by atoms with Gasteiger partial charge in [-0.2, -0.15) is 0 Å². The summed E-state index contributed by atoms with van der Waals surface area (Å²) in [5.74, 6) is 0. The van der Waals surface area contributed by atoms with Gasteiger partial charge in [0.1, 0.15) is 0 Å². The van der Waals surface area contributed by atoms with Crippen molar-refractivity contribution in [3.05, 3.63) is 27.7 Å². The van der Waals surface area contributed by atoms with E-state index < -0.39 is 10.0 Å². The van der Waals surface area contributed by atoms with Gasteiger partial charge in [0.05, 0.1) is 9.92 Å². The van der Waals surface area contributed by atoms with E-state index in [2.05, 4.69) is 25.6 Å². The molecule has 1 fully saturated rings. The summed E-state index contributed by atoms with van der Waals surface area (Å²) in [7, 11) is -3.47. The number of hydrogen-bond donors (Lipinski definition) is 1. The minimum Gasteiger partial charge on any atom is -0.302 e. The first kappa shape index (κ1) is 16.2. The average Bonchev–Trinajstić information content (AvgIpc) is 2.43. The minimum absolute atomic E-state index is 0.229. The van der Waals surface area contributed by atoms with E-state index in [0.29, 0.717) is 16.0 Å². The Morgan fingerprint density at radius 2 is 1.95 bits per heavy atom. The first-order chi connectivity index (χ1) is 9.49. The van der Waals surface area contributed by atoms with Crippen LogP contribution >= 0.6 is 27.5 Å². The molecule has 0 amide bonds. The van der Waals surface area contributed by atoms with Crippen LogP contribution in [-0.4, -0.2) is 39.5 Å². The van der Waals surface area contributed by atoms with Gasteiger partial charge in [0.15, 0.2) is 0 Å². The molecule has 1 heterocycles. The topological polar surface area (TPSA) is 49.4 Å². The standard InChI is InChI=1S/C13H18BrClN2O2S/c14-12-10-11(4-5-13(12)15)20(18,19)16-6-9-17-7-2-1-3-8-17/h4-5,10,16H,1-3,6-9H2. The van der Waals surface area contributed by atoms with Crippen molar-refractivity contribution in [1.29, 1.82) is 0 Å². The van der Waals surface area contributed by atoms with Crippen molar-refractivity contribution < 1.29 is 8.42 Å². The zero-order chi connectivity index (χ0) is 14.6. The van der Waals surface area contributed by atoms with E-state index in [1.807, 2.05) is 0 Å². The predicted molar refractivity (Wildman–Crippen MR) is 84.6 cm³/mol. The monoisotopic (exact) mass is 380 g/mol. The molecule has 1 N–H and O–H groups in total. The predicted octanol–water partition coefficient (Wildman–Crippen LogP) is 2.87. The Morgan fingerprint density at radius 1 is 1.25 bits per heavy atom. The SMILES string of the molecule is O=S(=O)(NCCN1CCCCC1)c1ccc(Cl)c(Br)c1. The fourth-order valence-corrected chi connectivity index (χ4v) is 3.94. The van der Waals surface area contributed by atoms with E-state index in [4.69, 9.17) is 11.6 Å². The third-order valence-corrected chi connectivity index (χ3v) is 6.04. The molecule has 0 aromatic heterocycles. The van der Waals surface area contributed by atoms with Crippen LogP contribution in [0.1, 0.15) is 19.3 Å². The molecule has 7 heteroatoms. The maximum absolute atomic E-state index is 12.1. The molecule has 1 aliphatic rings. The van der Waals surface area contributed by atoms with Gasteiger partial charge in [-0.25, -0.2) is 13.1 Å². The fraction of sp³-hybridized carbons (Fsp3) is 0.538. The Bertz CT molecular complexity index is 559. The Hall–Kier alpha value is -0.140. The molecule has 0 atom stereocenters. The van der Waals surface area contributed by atoms with Crippen LogP contribution in [-0.2, 0) is 10.0 Å². The second-order valence-corrected chi connectivity index (χ2v) is 7.90. The number of nitrogens with zero attached hydrogens (tertiary/aromatic N) is 1. The molecule has 1 saturated heterocycles. The Balaban J connectivity index is 1.91. The number of benzene rings is 1. The molecule has 2 rings (SSSR count). The number of halogens is 2. The van der Waals surface area contributed by atoms with Gasteiger partial charge >= 0.3 is 0 Å². The minimum atomic E-state index is -3.47. The largest absolute Gasteiger partial charge is 0.302 e. The molecule has 0 radical (unpaired) electrons. The lowest BCUT2D eigenvalue weighted by Crippen LogP contribution is -2.37. The number of hydrogen-bond acceptors (Lipinski definition) is 3. The van der Waals surface area contributed by atoms with Crippen LogP contribution in [0.3, 0.4) is 0 Å². The molecule has 0 unspecified atom stereocenters. The van der Waals surface area contributed by atoms with E-state index >= 15 is 0 Å². The highest BCUT2D eigenvalue weighted by Gasteiger charge is 2.16. The molecule has 1 aliphatic heterocycles. The van der Waals surface area contributed by atoms with Crippen molar-refractivity contribution in [3.8, 4) is 0 Å². The maximum atomic E-state index is 12.1. The summed E-state index contributed by atoms with van der Waals surface area (Å²) >= 11 is 9.10. The van der Waals surface area contributed by atoms with E-state index in [1.54, 1.807) is 6.07 Å². The quantitative estimate of drug-likeness (QED) is 0.853. The van der Waals surface area contributed by atoms with E-state index in [9.17, 15) is 8.42 Å². The summed E-state index contributed by atoms with van der Waals surface area (Å²) in [6.45, 7) is 3.32. The number of nitrogens with one attached hydrogen (secondary N) is 1. The fourth-order valence-electron chi connectivity index (χ4n) is 2.25. The zero-order valence-corrected chi connectivity index (χ0v) is 14.3. The first-order valence-electron chi connectivity index (χ1n) is 6.66.